The van der Waals surface area contributed by atoms with Crippen molar-refractivity contribution >= 4 is 23.2 Å². The number of hydrogen-bond acceptors (Lipinski definition) is 4. The van der Waals surface area contributed by atoms with Crippen molar-refractivity contribution in [3.63, 3.8) is 0 Å². The largest absolute Gasteiger partial charge is 0.497 e. The number of amides is 2. The Morgan fingerprint density at radius 2 is 1.85 bits per heavy atom. The van der Waals surface area contributed by atoms with E-state index in [1.165, 1.54) is 5.56 Å². The second-order valence-corrected chi connectivity index (χ2v) is 6.90. The van der Waals surface area contributed by atoms with Crippen LogP contribution in [0.5, 0.6) is 5.75 Å². The van der Waals surface area contributed by atoms with Crippen LogP contribution in [0.15, 0.2) is 42.5 Å². The normalized spacial score (nSPS) is 16.6. The highest BCUT2D eigenvalue weighted by Crippen LogP contribution is 2.28. The predicted octanol–water partition coefficient (Wildman–Crippen LogP) is 2.54. The van der Waals surface area contributed by atoms with E-state index in [1.54, 1.807) is 13.2 Å². The summed E-state index contributed by atoms with van der Waals surface area (Å²) in [4.78, 5) is 28.4. The number of nitrogens with one attached hydrogen (secondary N) is 1. The number of aryl methyl sites for hydroxylation is 1. The molecule has 0 unspecified atom stereocenters. The van der Waals surface area contributed by atoms with Crippen molar-refractivity contribution in [1.82, 2.24) is 4.90 Å². The third-order valence-corrected chi connectivity index (χ3v) is 5.23. The predicted molar refractivity (Wildman–Crippen MR) is 105 cm³/mol. The van der Waals surface area contributed by atoms with Gasteiger partial charge in [0.25, 0.3) is 5.91 Å². The summed E-state index contributed by atoms with van der Waals surface area (Å²) < 4.78 is 5.21. The van der Waals surface area contributed by atoms with E-state index in [0.717, 1.165) is 30.9 Å². The molecule has 27 heavy (non-hydrogen) atoms. The number of methoxy groups -OCH3 is 1. The Labute approximate surface area is 158 Å². The Morgan fingerprint density at radius 3 is 2.63 bits per heavy atom. The Kier molecular flexibility index (Phi) is 4.71. The van der Waals surface area contributed by atoms with E-state index in [-0.39, 0.29) is 11.8 Å². The van der Waals surface area contributed by atoms with Crippen molar-refractivity contribution in [1.29, 1.82) is 0 Å². The zero-order valence-corrected chi connectivity index (χ0v) is 15.4. The lowest BCUT2D eigenvalue weighted by Crippen LogP contribution is -2.48. The minimum Gasteiger partial charge on any atom is -0.497 e. The maximum absolute atomic E-state index is 12.7. The second-order valence-electron chi connectivity index (χ2n) is 6.90. The fraction of sp³-hybridized carbons (Fsp3) is 0.333. The molecule has 2 aromatic rings. The van der Waals surface area contributed by atoms with Crippen LogP contribution in [0.2, 0.25) is 0 Å². The van der Waals surface area contributed by atoms with Crippen LogP contribution in [-0.2, 0) is 11.2 Å². The fourth-order valence-electron chi connectivity index (χ4n) is 3.67. The van der Waals surface area contributed by atoms with Crippen LogP contribution in [0.25, 0.3) is 0 Å². The number of carbonyl (C=O) groups is 2. The van der Waals surface area contributed by atoms with Crippen molar-refractivity contribution in [3.05, 3.63) is 53.6 Å². The second kappa shape index (κ2) is 7.31. The molecule has 1 fully saturated rings. The SMILES string of the molecule is COc1cccc(C(=O)N2CCN(c3ccc4c(c3)CCC(=O)N4)CC2)c1. The summed E-state index contributed by atoms with van der Waals surface area (Å²) in [6.07, 6.45) is 1.32. The molecule has 2 aliphatic heterocycles. The van der Waals surface area contributed by atoms with E-state index >= 15 is 0 Å². The number of carbonyl (C=O) groups excluding carboxylic acids is 2. The molecular formula is C21H23N3O3. The van der Waals surface area contributed by atoms with Gasteiger partial charge < -0.3 is 19.9 Å². The van der Waals surface area contributed by atoms with Crippen molar-refractivity contribution in [2.75, 3.05) is 43.5 Å². The van der Waals surface area contributed by atoms with Gasteiger partial charge in [-0.2, -0.15) is 0 Å². The van der Waals surface area contributed by atoms with E-state index in [1.807, 2.05) is 35.2 Å². The van der Waals surface area contributed by atoms with Crippen LogP contribution in [0.1, 0.15) is 22.3 Å². The number of fused-ring (bicyclic) bond motifs is 1. The molecule has 0 atom stereocenters. The Bertz CT molecular complexity index is 873. The molecule has 2 aromatic carbocycles. The molecule has 6 heteroatoms. The van der Waals surface area contributed by atoms with Crippen LogP contribution in [0.3, 0.4) is 0 Å². The number of benzene rings is 2. The zero-order valence-electron chi connectivity index (χ0n) is 15.4. The molecule has 140 valence electrons. The van der Waals surface area contributed by atoms with E-state index in [0.29, 0.717) is 30.8 Å². The van der Waals surface area contributed by atoms with Crippen LogP contribution in [0.4, 0.5) is 11.4 Å². The molecule has 0 spiro atoms. The highest BCUT2D eigenvalue weighted by atomic mass is 16.5. The maximum atomic E-state index is 12.7. The summed E-state index contributed by atoms with van der Waals surface area (Å²) in [6, 6.07) is 13.5. The molecule has 0 bridgehead atoms. The topological polar surface area (TPSA) is 61.9 Å². The number of anilines is 2. The molecule has 2 heterocycles. The maximum Gasteiger partial charge on any atom is 0.254 e. The van der Waals surface area contributed by atoms with Crippen molar-refractivity contribution in [3.8, 4) is 5.75 Å². The van der Waals surface area contributed by atoms with Gasteiger partial charge in [-0.1, -0.05) is 6.07 Å². The quantitative estimate of drug-likeness (QED) is 0.908. The lowest BCUT2D eigenvalue weighted by atomic mass is 10.0. The van der Waals surface area contributed by atoms with Crippen molar-refractivity contribution < 1.29 is 14.3 Å². The smallest absolute Gasteiger partial charge is 0.254 e. The third-order valence-electron chi connectivity index (χ3n) is 5.23. The van der Waals surface area contributed by atoms with E-state index < -0.39 is 0 Å². The van der Waals surface area contributed by atoms with Gasteiger partial charge in [0.15, 0.2) is 0 Å². The van der Waals surface area contributed by atoms with Gasteiger partial charge in [-0.05, 0) is 48.4 Å². The zero-order chi connectivity index (χ0) is 18.8. The Morgan fingerprint density at radius 1 is 1.04 bits per heavy atom. The van der Waals surface area contributed by atoms with Crippen molar-refractivity contribution in [2.24, 2.45) is 0 Å². The molecular weight excluding hydrogens is 342 g/mol. The fourth-order valence-corrected chi connectivity index (χ4v) is 3.67. The van der Waals surface area contributed by atoms with Gasteiger partial charge in [0.2, 0.25) is 5.91 Å². The molecule has 6 nitrogen and oxygen atoms in total. The van der Waals surface area contributed by atoms with E-state index in [4.69, 9.17) is 4.74 Å². The van der Waals surface area contributed by atoms with Crippen LogP contribution in [0, 0.1) is 0 Å². The number of ether oxygens (including phenoxy) is 1. The molecule has 0 aliphatic carbocycles. The van der Waals surface area contributed by atoms with E-state index in [2.05, 4.69) is 16.3 Å². The standard InChI is InChI=1S/C21H23N3O3/c1-27-18-4-2-3-16(14-18)21(26)24-11-9-23(10-12-24)17-6-7-19-15(13-17)5-8-20(25)22-19/h2-4,6-7,13-14H,5,8-12H2,1H3,(H,22,25). The average molecular weight is 365 g/mol. The summed E-state index contributed by atoms with van der Waals surface area (Å²) in [7, 11) is 1.60. The number of piperazine rings is 1. The summed E-state index contributed by atoms with van der Waals surface area (Å²) in [5.41, 5.74) is 3.91. The van der Waals surface area contributed by atoms with E-state index in [9.17, 15) is 9.59 Å². The molecule has 2 aliphatic rings. The Hall–Kier alpha value is -3.02. The van der Waals surface area contributed by atoms with Gasteiger partial charge in [0.05, 0.1) is 7.11 Å². The summed E-state index contributed by atoms with van der Waals surface area (Å²) in [5.74, 6) is 0.822. The van der Waals surface area contributed by atoms with Gasteiger partial charge in [0.1, 0.15) is 5.75 Å². The summed E-state index contributed by atoms with van der Waals surface area (Å²) >= 11 is 0. The van der Waals surface area contributed by atoms with Crippen LogP contribution in [-0.4, -0.2) is 50.0 Å². The minimum absolute atomic E-state index is 0.0432. The first-order valence-electron chi connectivity index (χ1n) is 9.25. The third kappa shape index (κ3) is 3.60. The lowest BCUT2D eigenvalue weighted by molar-refractivity contribution is -0.116. The van der Waals surface area contributed by atoms with Gasteiger partial charge in [0, 0.05) is 49.5 Å². The number of rotatable bonds is 3. The highest BCUT2D eigenvalue weighted by Gasteiger charge is 2.23. The lowest BCUT2D eigenvalue weighted by Gasteiger charge is -2.36. The van der Waals surface area contributed by atoms with Crippen molar-refractivity contribution in [2.45, 2.75) is 12.8 Å². The molecule has 0 aromatic heterocycles. The minimum atomic E-state index is 0.0432. The molecule has 0 radical (unpaired) electrons. The first-order valence-corrected chi connectivity index (χ1v) is 9.25. The first kappa shape index (κ1) is 17.4. The first-order chi connectivity index (χ1) is 13.1. The summed E-state index contributed by atoms with van der Waals surface area (Å²) in [5, 5.41) is 2.92. The van der Waals surface area contributed by atoms with Crippen LogP contribution >= 0.6 is 0 Å². The number of hydrogen-bond donors (Lipinski definition) is 1. The summed E-state index contributed by atoms with van der Waals surface area (Å²) in [6.45, 7) is 2.95. The Balaban J connectivity index is 1.41. The molecule has 0 saturated carbocycles. The van der Waals surface area contributed by atoms with Gasteiger partial charge >= 0.3 is 0 Å². The molecule has 1 saturated heterocycles. The average Bonchev–Trinajstić information content (AvgIpc) is 2.73. The molecule has 4 rings (SSSR count). The number of nitrogens with zero attached hydrogens (tertiary/aromatic N) is 2. The molecule has 1 N–H and O–H groups in total. The molecule has 2 amide bonds. The van der Waals surface area contributed by atoms with Gasteiger partial charge in [-0.15, -0.1) is 0 Å². The van der Waals surface area contributed by atoms with Gasteiger partial charge in [-0.3, -0.25) is 9.59 Å². The van der Waals surface area contributed by atoms with Gasteiger partial charge in [-0.25, -0.2) is 0 Å². The monoisotopic (exact) mass is 365 g/mol. The highest BCUT2D eigenvalue weighted by molar-refractivity contribution is 5.95. The van der Waals surface area contributed by atoms with Crippen LogP contribution < -0.4 is 15.0 Å².